The number of anilines is 1. The predicted molar refractivity (Wildman–Crippen MR) is 120 cm³/mol. The van der Waals surface area contributed by atoms with Gasteiger partial charge in [-0.25, -0.2) is 0 Å². The van der Waals surface area contributed by atoms with E-state index < -0.39 is 15.9 Å². The summed E-state index contributed by atoms with van der Waals surface area (Å²) in [6, 6.07) is 11.4. The second kappa shape index (κ2) is 10.1. The van der Waals surface area contributed by atoms with Crippen LogP contribution in [0.5, 0.6) is 5.75 Å². The lowest BCUT2D eigenvalue weighted by Gasteiger charge is -2.28. The first-order chi connectivity index (χ1) is 13.1. The molecule has 2 aromatic rings. The molecule has 0 fully saturated rings. The maximum Gasteiger partial charge on any atom is 0.256 e. The largest absolute Gasteiger partial charge is 0.496 e. The second-order valence-corrected chi connectivity index (χ2v) is 8.99. The van der Waals surface area contributed by atoms with E-state index in [0.717, 1.165) is 0 Å². The molecule has 0 aromatic heterocycles. The van der Waals surface area contributed by atoms with Crippen molar-refractivity contribution in [3.63, 3.8) is 0 Å². The Balaban J connectivity index is 2.14. The first kappa shape index (κ1) is 23.1. The molecule has 0 radical (unpaired) electrons. The van der Waals surface area contributed by atoms with Crippen molar-refractivity contribution in [2.45, 2.75) is 9.96 Å². The average molecular weight is 502 g/mol. The zero-order chi connectivity index (χ0) is 20.9. The molecule has 0 aliphatic heterocycles. The van der Waals surface area contributed by atoms with Crippen molar-refractivity contribution >= 4 is 86.9 Å². The zero-order valence-corrected chi connectivity index (χ0v) is 18.8. The molecule has 11 heteroatoms. The summed E-state index contributed by atoms with van der Waals surface area (Å²) in [6.07, 6.45) is -1.16. The summed E-state index contributed by atoms with van der Waals surface area (Å²) >= 11 is 35.3. The Labute approximate surface area is 192 Å². The number of thiocarbonyl (C=S) groups is 1. The van der Waals surface area contributed by atoms with Crippen LogP contribution in [0.25, 0.3) is 0 Å². The molecule has 0 aliphatic rings. The molecule has 1 atom stereocenters. The molecule has 0 bridgehead atoms. The summed E-state index contributed by atoms with van der Waals surface area (Å²) in [7, 11) is 1.45. The van der Waals surface area contributed by atoms with Gasteiger partial charge in [-0.2, -0.15) is 0 Å². The fraction of sp³-hybridized carbons (Fsp3) is 0.176. The molecule has 2 rings (SSSR count). The Morgan fingerprint density at radius 1 is 1.11 bits per heavy atom. The number of methoxy groups -OCH3 is 1. The maximum absolute atomic E-state index is 12.6. The molecule has 0 unspecified atom stereocenters. The summed E-state index contributed by atoms with van der Waals surface area (Å²) in [5.41, 5.74) is 0.716. The van der Waals surface area contributed by atoms with E-state index in [0.29, 0.717) is 21.5 Å². The maximum atomic E-state index is 12.6. The zero-order valence-electron chi connectivity index (χ0n) is 14.2. The highest BCUT2D eigenvalue weighted by Gasteiger charge is 2.35. The standard InChI is InChI=1S/C17H14Cl5N3O2S/c1-27-13-5-3-2-4-10(13)14(26)24-15(17(20,21)22)25-16(28)23-12-8-9(18)6-7-11(12)19/h2-8,15H,1H3,(H,24,26)(H2,23,25,28)/t15-/m0/s1. The number of nitrogens with one attached hydrogen (secondary N) is 3. The Bertz CT molecular complexity index is 876. The number of carbonyl (C=O) groups excluding carboxylic acids is 1. The van der Waals surface area contributed by atoms with E-state index in [9.17, 15) is 4.79 Å². The van der Waals surface area contributed by atoms with Gasteiger partial charge in [-0.15, -0.1) is 0 Å². The van der Waals surface area contributed by atoms with Crippen LogP contribution in [0.3, 0.4) is 0 Å². The van der Waals surface area contributed by atoms with Crippen LogP contribution in [0, 0.1) is 0 Å². The van der Waals surface area contributed by atoms with E-state index in [-0.39, 0.29) is 10.7 Å². The van der Waals surface area contributed by atoms with E-state index in [1.807, 2.05) is 0 Å². The fourth-order valence-corrected chi connectivity index (χ4v) is 3.02. The van der Waals surface area contributed by atoms with Gasteiger partial charge < -0.3 is 20.7 Å². The molecular formula is C17H14Cl5N3O2S. The van der Waals surface area contributed by atoms with Crippen LogP contribution < -0.4 is 20.7 Å². The third kappa shape index (κ3) is 6.44. The van der Waals surface area contributed by atoms with Crippen LogP contribution in [0.1, 0.15) is 10.4 Å². The lowest BCUT2D eigenvalue weighted by atomic mass is 10.2. The van der Waals surface area contributed by atoms with Gasteiger partial charge in [0.1, 0.15) is 11.9 Å². The molecule has 0 saturated heterocycles. The van der Waals surface area contributed by atoms with Crippen molar-refractivity contribution in [2.24, 2.45) is 0 Å². The molecule has 150 valence electrons. The number of alkyl halides is 3. The van der Waals surface area contributed by atoms with E-state index >= 15 is 0 Å². The van der Waals surface area contributed by atoms with Crippen molar-refractivity contribution in [2.75, 3.05) is 12.4 Å². The summed E-state index contributed by atoms with van der Waals surface area (Å²) in [5.74, 6) is -0.153. The number of carbonyl (C=O) groups is 1. The van der Waals surface area contributed by atoms with Gasteiger partial charge in [-0.05, 0) is 42.5 Å². The van der Waals surface area contributed by atoms with Crippen LogP contribution >= 0.6 is 70.2 Å². The summed E-state index contributed by atoms with van der Waals surface area (Å²) in [5, 5.41) is 9.06. The Morgan fingerprint density at radius 2 is 1.79 bits per heavy atom. The SMILES string of the molecule is COc1ccccc1C(=O)N[C@@H](NC(=S)Nc1cc(Cl)ccc1Cl)C(Cl)(Cl)Cl. The van der Waals surface area contributed by atoms with E-state index in [4.69, 9.17) is 75.0 Å². The van der Waals surface area contributed by atoms with E-state index in [1.54, 1.807) is 42.5 Å². The summed E-state index contributed by atoms with van der Waals surface area (Å²) in [4.78, 5) is 12.6. The van der Waals surface area contributed by atoms with Crippen LogP contribution in [0.15, 0.2) is 42.5 Å². The number of ether oxygens (including phenoxy) is 1. The van der Waals surface area contributed by atoms with Crippen LogP contribution in [-0.4, -0.2) is 28.1 Å². The highest BCUT2D eigenvalue weighted by Crippen LogP contribution is 2.30. The third-order valence-corrected chi connectivity index (χ3v) is 4.85. The average Bonchev–Trinajstić information content (AvgIpc) is 2.63. The van der Waals surface area contributed by atoms with Crippen molar-refractivity contribution in [3.8, 4) is 5.75 Å². The second-order valence-electron chi connectivity index (χ2n) is 5.37. The van der Waals surface area contributed by atoms with E-state index in [1.165, 1.54) is 7.11 Å². The molecular weight excluding hydrogens is 488 g/mol. The molecule has 0 spiro atoms. The van der Waals surface area contributed by atoms with Gasteiger partial charge in [0, 0.05) is 5.02 Å². The number of amides is 1. The molecule has 3 N–H and O–H groups in total. The molecule has 2 aromatic carbocycles. The minimum absolute atomic E-state index is 0.0563. The number of hydrogen-bond donors (Lipinski definition) is 3. The first-order valence-corrected chi connectivity index (χ1v) is 9.95. The number of halogens is 5. The molecule has 5 nitrogen and oxygen atoms in total. The minimum Gasteiger partial charge on any atom is -0.496 e. The number of rotatable bonds is 5. The van der Waals surface area contributed by atoms with Gasteiger partial charge >= 0.3 is 0 Å². The van der Waals surface area contributed by atoms with Crippen molar-refractivity contribution in [1.82, 2.24) is 10.6 Å². The minimum atomic E-state index is -1.92. The van der Waals surface area contributed by atoms with Crippen LogP contribution in [-0.2, 0) is 0 Å². The molecule has 1 amide bonds. The monoisotopic (exact) mass is 499 g/mol. The lowest BCUT2D eigenvalue weighted by molar-refractivity contribution is 0.0931. The van der Waals surface area contributed by atoms with Gasteiger partial charge in [0.25, 0.3) is 5.91 Å². The summed E-state index contributed by atoms with van der Waals surface area (Å²) in [6.45, 7) is 0. The fourth-order valence-electron chi connectivity index (χ4n) is 2.12. The lowest BCUT2D eigenvalue weighted by Crippen LogP contribution is -2.56. The highest BCUT2D eigenvalue weighted by atomic mass is 35.6. The van der Waals surface area contributed by atoms with Crippen molar-refractivity contribution in [1.29, 1.82) is 0 Å². The number of para-hydroxylation sites is 1. The highest BCUT2D eigenvalue weighted by molar-refractivity contribution is 7.80. The Morgan fingerprint density at radius 3 is 2.43 bits per heavy atom. The van der Waals surface area contributed by atoms with Crippen molar-refractivity contribution < 1.29 is 9.53 Å². The predicted octanol–water partition coefficient (Wildman–Crippen LogP) is 5.41. The molecule has 0 saturated carbocycles. The van der Waals surface area contributed by atoms with Gasteiger partial charge in [0.2, 0.25) is 3.79 Å². The van der Waals surface area contributed by atoms with Gasteiger partial charge in [0.15, 0.2) is 5.11 Å². The quantitative estimate of drug-likeness (QED) is 0.290. The Hall–Kier alpha value is -1.15. The van der Waals surface area contributed by atoms with Crippen LogP contribution in [0.4, 0.5) is 5.69 Å². The first-order valence-electron chi connectivity index (χ1n) is 7.65. The number of benzene rings is 2. The van der Waals surface area contributed by atoms with Crippen LogP contribution in [0.2, 0.25) is 10.0 Å². The molecule has 0 heterocycles. The third-order valence-electron chi connectivity index (χ3n) is 3.41. The molecule has 0 aliphatic carbocycles. The van der Waals surface area contributed by atoms with Gasteiger partial charge in [0.05, 0.1) is 23.4 Å². The summed E-state index contributed by atoms with van der Waals surface area (Å²) < 4.78 is 3.26. The topological polar surface area (TPSA) is 62.4 Å². The van der Waals surface area contributed by atoms with E-state index in [2.05, 4.69) is 16.0 Å². The Kier molecular flexibility index (Phi) is 8.30. The smallest absolute Gasteiger partial charge is 0.256 e. The van der Waals surface area contributed by atoms with Crippen molar-refractivity contribution in [3.05, 3.63) is 58.1 Å². The van der Waals surface area contributed by atoms with Gasteiger partial charge in [-0.1, -0.05) is 70.1 Å². The van der Waals surface area contributed by atoms with Gasteiger partial charge in [-0.3, -0.25) is 4.79 Å². The molecule has 28 heavy (non-hydrogen) atoms. The number of hydrogen-bond acceptors (Lipinski definition) is 3. The normalized spacial score (nSPS) is 12.1.